The van der Waals surface area contributed by atoms with Crippen LogP contribution in [0.5, 0.6) is 0 Å². The molecule has 1 atom stereocenters. The fraction of sp³-hybridized carbons (Fsp3) is 0.550. The molecule has 0 saturated carbocycles. The number of amides is 1. The monoisotopic (exact) mass is 407 g/mol. The molecule has 8 heteroatoms. The molecule has 154 valence electrons. The van der Waals surface area contributed by atoms with Gasteiger partial charge in [-0.3, -0.25) is 10.2 Å². The lowest BCUT2D eigenvalue weighted by atomic mass is 9.76. The quantitative estimate of drug-likeness (QED) is 0.731. The highest BCUT2D eigenvalue weighted by Gasteiger charge is 2.27. The minimum atomic E-state index is -3.63. The van der Waals surface area contributed by atoms with Gasteiger partial charge in [-0.1, -0.05) is 32.9 Å². The van der Waals surface area contributed by atoms with Gasteiger partial charge in [0.05, 0.1) is 18.1 Å². The second-order valence-electron chi connectivity index (χ2n) is 8.29. The topological polar surface area (TPSA) is 87.7 Å². The molecule has 0 aromatic heterocycles. The maximum Gasteiger partial charge on any atom is 0.269 e. The molecule has 1 aromatic rings. The van der Waals surface area contributed by atoms with Gasteiger partial charge in [0.15, 0.2) is 0 Å². The van der Waals surface area contributed by atoms with E-state index < -0.39 is 10.0 Å². The van der Waals surface area contributed by atoms with Crippen LogP contribution in [0.15, 0.2) is 40.9 Å². The van der Waals surface area contributed by atoms with Gasteiger partial charge in [0.1, 0.15) is 0 Å². The van der Waals surface area contributed by atoms with Crippen molar-refractivity contribution in [1.29, 1.82) is 0 Å². The summed E-state index contributed by atoms with van der Waals surface area (Å²) in [6.07, 6.45) is 4.12. The van der Waals surface area contributed by atoms with Gasteiger partial charge in [0.2, 0.25) is 10.0 Å². The Balaban J connectivity index is 1.70. The fourth-order valence-corrected chi connectivity index (χ4v) is 5.42. The van der Waals surface area contributed by atoms with E-state index in [0.717, 1.165) is 18.5 Å². The third-order valence-corrected chi connectivity index (χ3v) is 6.94. The molecule has 3 rings (SSSR count). The molecular formula is C20H29N3O4S. The summed E-state index contributed by atoms with van der Waals surface area (Å²) in [4.78, 5) is 12.7. The van der Waals surface area contributed by atoms with E-state index in [1.807, 2.05) is 0 Å². The highest BCUT2D eigenvalue weighted by Crippen LogP contribution is 2.35. The number of rotatable bonds is 5. The summed E-state index contributed by atoms with van der Waals surface area (Å²) in [7, 11) is -3.63. The van der Waals surface area contributed by atoms with Crippen LogP contribution >= 0.6 is 0 Å². The number of hydrogen-bond acceptors (Lipinski definition) is 5. The summed E-state index contributed by atoms with van der Waals surface area (Å²) in [5.41, 5.74) is 7.07. The Hall–Kier alpha value is -1.90. The lowest BCUT2D eigenvalue weighted by Crippen LogP contribution is -2.41. The Bertz CT molecular complexity index is 858. The van der Waals surface area contributed by atoms with Crippen LogP contribution < -0.4 is 10.9 Å². The minimum Gasteiger partial charge on any atom is -0.379 e. The zero-order valence-corrected chi connectivity index (χ0v) is 17.5. The fourth-order valence-electron chi connectivity index (χ4n) is 3.97. The molecule has 1 amide bonds. The largest absolute Gasteiger partial charge is 0.379 e. The van der Waals surface area contributed by atoms with Gasteiger partial charge in [-0.05, 0) is 42.4 Å². The number of sulfonamides is 1. The van der Waals surface area contributed by atoms with E-state index in [4.69, 9.17) is 4.74 Å². The summed E-state index contributed by atoms with van der Waals surface area (Å²) in [5, 5.41) is 0. The lowest BCUT2D eigenvalue weighted by Gasteiger charge is -2.32. The second kappa shape index (κ2) is 8.23. The Kier molecular flexibility index (Phi) is 6.12. The molecule has 1 aliphatic heterocycles. The van der Waals surface area contributed by atoms with E-state index in [2.05, 4.69) is 37.7 Å². The average Bonchev–Trinajstić information content (AvgIpc) is 2.65. The van der Waals surface area contributed by atoms with E-state index in [9.17, 15) is 13.2 Å². The van der Waals surface area contributed by atoms with Crippen LogP contribution in [-0.2, 0) is 14.8 Å². The van der Waals surface area contributed by atoms with Gasteiger partial charge in [0.25, 0.3) is 5.91 Å². The van der Waals surface area contributed by atoms with Crippen molar-refractivity contribution in [3.05, 3.63) is 41.6 Å². The molecule has 0 radical (unpaired) electrons. The molecule has 1 fully saturated rings. The molecule has 1 saturated heterocycles. The highest BCUT2D eigenvalue weighted by molar-refractivity contribution is 7.89. The van der Waals surface area contributed by atoms with Gasteiger partial charge in [-0.2, -0.15) is 4.31 Å². The average molecular weight is 408 g/mol. The first kappa shape index (κ1) is 20.8. The summed E-state index contributed by atoms with van der Waals surface area (Å²) in [6.45, 7) is 7.95. The standard InChI is InChI=1S/C20H29N3O4S/c1-15-11-17(14-20(2,3)13-15)21-22-19(24)16-5-4-6-18(12-16)28(25,26)23-7-9-27-10-8-23/h4-6,12,14-15,21H,7-11,13H2,1-3H3,(H,22,24)/t15-/m0/s1. The van der Waals surface area contributed by atoms with Crippen LogP contribution in [-0.4, -0.2) is 44.9 Å². The Morgan fingerprint density at radius 3 is 2.64 bits per heavy atom. The van der Waals surface area contributed by atoms with Gasteiger partial charge in [0, 0.05) is 24.4 Å². The van der Waals surface area contributed by atoms with Crippen LogP contribution in [0.4, 0.5) is 0 Å². The molecule has 1 aromatic carbocycles. The highest BCUT2D eigenvalue weighted by atomic mass is 32.2. The van der Waals surface area contributed by atoms with E-state index >= 15 is 0 Å². The molecule has 1 aliphatic carbocycles. The first-order valence-corrected chi connectivity index (χ1v) is 11.1. The van der Waals surface area contributed by atoms with Gasteiger partial charge >= 0.3 is 0 Å². The van der Waals surface area contributed by atoms with Crippen molar-refractivity contribution in [2.75, 3.05) is 26.3 Å². The number of carbonyl (C=O) groups excluding carboxylic acids is 1. The zero-order valence-electron chi connectivity index (χ0n) is 16.7. The van der Waals surface area contributed by atoms with E-state index in [1.54, 1.807) is 12.1 Å². The number of allylic oxidation sites excluding steroid dienone is 2. The molecular weight excluding hydrogens is 378 g/mol. The van der Waals surface area contributed by atoms with Gasteiger partial charge < -0.3 is 10.2 Å². The minimum absolute atomic E-state index is 0.0802. The van der Waals surface area contributed by atoms with Crippen LogP contribution in [0.25, 0.3) is 0 Å². The normalized spacial score (nSPS) is 23.0. The first-order chi connectivity index (χ1) is 13.2. The molecule has 1 heterocycles. The number of carbonyl (C=O) groups is 1. The van der Waals surface area contributed by atoms with Gasteiger partial charge in [-0.25, -0.2) is 8.42 Å². The van der Waals surface area contributed by atoms with Gasteiger partial charge in [-0.15, -0.1) is 0 Å². The molecule has 0 spiro atoms. The molecule has 0 bridgehead atoms. The molecule has 7 nitrogen and oxygen atoms in total. The number of benzene rings is 1. The van der Waals surface area contributed by atoms with Crippen molar-refractivity contribution < 1.29 is 17.9 Å². The third-order valence-electron chi connectivity index (χ3n) is 5.05. The predicted octanol–water partition coefficient (Wildman–Crippen LogP) is 2.28. The van der Waals surface area contributed by atoms with Crippen molar-refractivity contribution in [1.82, 2.24) is 15.2 Å². The number of ether oxygens (including phenoxy) is 1. The van der Waals surface area contributed by atoms with Crippen LogP contribution in [0.2, 0.25) is 0 Å². The predicted molar refractivity (Wildman–Crippen MR) is 107 cm³/mol. The van der Waals surface area contributed by atoms with Crippen LogP contribution in [0.1, 0.15) is 44.0 Å². The number of morpholine rings is 1. The van der Waals surface area contributed by atoms with E-state index in [1.165, 1.54) is 16.4 Å². The van der Waals surface area contributed by atoms with Crippen molar-refractivity contribution >= 4 is 15.9 Å². The first-order valence-electron chi connectivity index (χ1n) is 9.63. The summed E-state index contributed by atoms with van der Waals surface area (Å²) < 4.78 is 32.2. The maximum absolute atomic E-state index is 12.8. The number of nitrogens with zero attached hydrogens (tertiary/aromatic N) is 1. The summed E-state index contributed by atoms with van der Waals surface area (Å²) >= 11 is 0. The Labute approximate surface area is 167 Å². The Morgan fingerprint density at radius 1 is 1.25 bits per heavy atom. The van der Waals surface area contributed by atoms with E-state index in [0.29, 0.717) is 37.8 Å². The summed E-state index contributed by atoms with van der Waals surface area (Å²) in [6, 6.07) is 6.14. The van der Waals surface area contributed by atoms with Crippen molar-refractivity contribution in [3.8, 4) is 0 Å². The number of hydrazine groups is 1. The van der Waals surface area contributed by atoms with Crippen molar-refractivity contribution in [3.63, 3.8) is 0 Å². The smallest absolute Gasteiger partial charge is 0.269 e. The molecule has 2 N–H and O–H groups in total. The third kappa shape index (κ3) is 4.92. The number of nitrogens with one attached hydrogen (secondary N) is 2. The Morgan fingerprint density at radius 2 is 1.96 bits per heavy atom. The lowest BCUT2D eigenvalue weighted by molar-refractivity contribution is 0.0730. The SMILES string of the molecule is C[C@H]1CC(NNC(=O)c2cccc(S(=O)(=O)N3CCOCC3)c2)=CC(C)(C)C1. The molecule has 28 heavy (non-hydrogen) atoms. The van der Waals surface area contributed by atoms with Crippen LogP contribution in [0.3, 0.4) is 0 Å². The van der Waals surface area contributed by atoms with Crippen molar-refractivity contribution in [2.45, 2.75) is 38.5 Å². The maximum atomic E-state index is 12.8. The zero-order chi connectivity index (χ0) is 20.4. The summed E-state index contributed by atoms with van der Waals surface area (Å²) in [5.74, 6) is 0.164. The van der Waals surface area contributed by atoms with Crippen molar-refractivity contribution in [2.24, 2.45) is 11.3 Å². The second-order valence-corrected chi connectivity index (χ2v) is 10.2. The van der Waals surface area contributed by atoms with E-state index in [-0.39, 0.29) is 16.2 Å². The molecule has 0 unspecified atom stereocenters. The van der Waals surface area contributed by atoms with Crippen LogP contribution in [0, 0.1) is 11.3 Å². The number of hydrogen-bond donors (Lipinski definition) is 2. The molecule has 2 aliphatic rings.